The van der Waals surface area contributed by atoms with E-state index in [9.17, 15) is 4.79 Å². The van der Waals surface area contributed by atoms with Crippen LogP contribution in [0.4, 0.5) is 5.82 Å². The Morgan fingerprint density at radius 3 is 2.67 bits per heavy atom. The Labute approximate surface area is 155 Å². The zero-order valence-electron chi connectivity index (χ0n) is 15.1. The largest absolute Gasteiger partial charge is 0.378 e. The second-order valence-corrected chi connectivity index (χ2v) is 5.74. The topological polar surface area (TPSA) is 137 Å². The molecule has 2 aromatic heterocycles. The maximum atomic E-state index is 12.6. The summed E-state index contributed by atoms with van der Waals surface area (Å²) in [5.41, 5.74) is 10.7. The number of hydrazone groups is 1. The average molecular weight is 368 g/mol. The number of nitrogens with two attached hydrogens (primary N) is 1. The van der Waals surface area contributed by atoms with Crippen molar-refractivity contribution in [2.75, 3.05) is 5.73 Å². The summed E-state index contributed by atoms with van der Waals surface area (Å²) < 4.78 is 5.98. The van der Waals surface area contributed by atoms with E-state index in [0.717, 1.165) is 17.7 Å². The van der Waals surface area contributed by atoms with Gasteiger partial charge in [-0.15, -0.1) is 5.10 Å². The predicted octanol–water partition coefficient (Wildman–Crippen LogP) is 1.73. The van der Waals surface area contributed by atoms with E-state index in [1.807, 2.05) is 44.2 Å². The lowest BCUT2D eigenvalue weighted by Crippen LogP contribution is -2.22. The molecular formula is C17H20N8O2. The van der Waals surface area contributed by atoms with E-state index in [1.54, 1.807) is 0 Å². The Morgan fingerprint density at radius 2 is 2.04 bits per heavy atom. The molecule has 0 saturated heterocycles. The summed E-state index contributed by atoms with van der Waals surface area (Å²) >= 11 is 0. The van der Waals surface area contributed by atoms with Crippen LogP contribution in [0.25, 0.3) is 5.82 Å². The normalized spacial score (nSPS) is 11.6. The summed E-state index contributed by atoms with van der Waals surface area (Å²) in [5, 5.41) is 19.5. The molecule has 2 heterocycles. The van der Waals surface area contributed by atoms with E-state index in [4.69, 9.17) is 5.73 Å². The summed E-state index contributed by atoms with van der Waals surface area (Å²) in [6.07, 6.45) is 1.98. The van der Waals surface area contributed by atoms with Gasteiger partial charge in [-0.25, -0.2) is 10.1 Å². The molecule has 3 N–H and O–H groups in total. The van der Waals surface area contributed by atoms with Crippen molar-refractivity contribution in [3.05, 3.63) is 47.3 Å². The third kappa shape index (κ3) is 3.84. The molecule has 1 amide bonds. The zero-order valence-corrected chi connectivity index (χ0v) is 15.1. The number of nitrogens with one attached hydrogen (secondary N) is 1. The van der Waals surface area contributed by atoms with E-state index in [1.165, 1.54) is 4.68 Å². The van der Waals surface area contributed by atoms with Gasteiger partial charge in [0.05, 0.1) is 11.4 Å². The Hall–Kier alpha value is -3.56. The summed E-state index contributed by atoms with van der Waals surface area (Å²) in [6.45, 7) is 3.95. The number of carbonyl (C=O) groups excluding carboxylic acids is 1. The van der Waals surface area contributed by atoms with Crippen LogP contribution in [0.2, 0.25) is 0 Å². The number of amides is 1. The van der Waals surface area contributed by atoms with Crippen LogP contribution in [0, 0.1) is 0 Å². The van der Waals surface area contributed by atoms with Gasteiger partial charge in [-0.1, -0.05) is 55.8 Å². The minimum Gasteiger partial charge on any atom is -0.378 e. The van der Waals surface area contributed by atoms with Gasteiger partial charge < -0.3 is 5.73 Å². The second kappa shape index (κ2) is 8.21. The first-order valence-corrected chi connectivity index (χ1v) is 8.61. The number of nitrogen functional groups attached to an aromatic ring is 1. The fourth-order valence-corrected chi connectivity index (χ4v) is 2.60. The second-order valence-electron chi connectivity index (χ2n) is 5.74. The number of rotatable bonds is 7. The van der Waals surface area contributed by atoms with Crippen molar-refractivity contribution >= 4 is 17.4 Å². The Bertz CT molecular complexity index is 945. The van der Waals surface area contributed by atoms with Gasteiger partial charge in [-0.3, -0.25) is 4.79 Å². The van der Waals surface area contributed by atoms with E-state index < -0.39 is 5.91 Å². The highest BCUT2D eigenvalue weighted by Gasteiger charge is 2.23. The number of anilines is 1. The van der Waals surface area contributed by atoms with Crippen LogP contribution < -0.4 is 11.2 Å². The molecule has 0 unspecified atom stereocenters. The zero-order chi connectivity index (χ0) is 19.2. The van der Waals surface area contributed by atoms with Crippen LogP contribution in [-0.2, 0) is 6.42 Å². The van der Waals surface area contributed by atoms with Crippen molar-refractivity contribution in [3.63, 3.8) is 0 Å². The molecule has 0 atom stereocenters. The van der Waals surface area contributed by atoms with Crippen molar-refractivity contribution in [3.8, 4) is 5.82 Å². The first-order chi connectivity index (χ1) is 13.2. The number of nitrogens with zero attached hydrogens (tertiary/aromatic N) is 6. The molecule has 0 aliphatic carbocycles. The number of benzene rings is 1. The van der Waals surface area contributed by atoms with Crippen LogP contribution in [0.3, 0.4) is 0 Å². The Kier molecular flexibility index (Phi) is 5.55. The van der Waals surface area contributed by atoms with Gasteiger partial charge in [0, 0.05) is 0 Å². The van der Waals surface area contributed by atoms with Crippen LogP contribution in [-0.4, -0.2) is 36.9 Å². The van der Waals surface area contributed by atoms with Crippen LogP contribution in [0.1, 0.15) is 48.4 Å². The van der Waals surface area contributed by atoms with Crippen molar-refractivity contribution in [1.29, 1.82) is 0 Å². The van der Waals surface area contributed by atoms with Crippen LogP contribution >= 0.6 is 0 Å². The highest BCUT2D eigenvalue weighted by atomic mass is 16.6. The van der Waals surface area contributed by atoms with Gasteiger partial charge in [-0.05, 0) is 28.7 Å². The summed E-state index contributed by atoms with van der Waals surface area (Å²) in [7, 11) is 0. The standard InChI is InChI=1S/C17H20N8O2/c1-3-8-13-14(20-24-25(13)16-15(18)22-27-23-16)17(26)21-19-12(4-2)11-9-6-5-7-10-11/h5-7,9-10H,3-4,8H2,1-2H3,(H2,18,22)(H,21,26)/b19-12+. The minimum absolute atomic E-state index is 0.0691. The van der Waals surface area contributed by atoms with Gasteiger partial charge in [0.15, 0.2) is 5.69 Å². The molecule has 27 heavy (non-hydrogen) atoms. The lowest BCUT2D eigenvalue weighted by molar-refractivity contribution is 0.0948. The molecule has 0 aliphatic heterocycles. The molecule has 0 radical (unpaired) electrons. The average Bonchev–Trinajstić information content (AvgIpc) is 3.29. The first-order valence-electron chi connectivity index (χ1n) is 8.61. The highest BCUT2D eigenvalue weighted by Crippen LogP contribution is 2.17. The number of hydrogen-bond acceptors (Lipinski definition) is 8. The Morgan fingerprint density at radius 1 is 1.26 bits per heavy atom. The molecule has 0 aliphatic rings. The van der Waals surface area contributed by atoms with Gasteiger partial charge in [0.2, 0.25) is 11.6 Å². The fourth-order valence-electron chi connectivity index (χ4n) is 2.60. The molecule has 3 rings (SSSR count). The molecular weight excluding hydrogens is 348 g/mol. The smallest absolute Gasteiger partial charge is 0.293 e. The van der Waals surface area contributed by atoms with Gasteiger partial charge in [0.25, 0.3) is 5.91 Å². The minimum atomic E-state index is -0.457. The number of aromatic nitrogens is 5. The Balaban J connectivity index is 1.87. The molecule has 0 fully saturated rings. The quantitative estimate of drug-likeness (QED) is 0.478. The van der Waals surface area contributed by atoms with Gasteiger partial charge >= 0.3 is 0 Å². The SMILES string of the molecule is CCCc1c(C(=O)N/N=C(\CC)c2ccccc2)nnn1-c1nonc1N. The maximum absolute atomic E-state index is 12.6. The lowest BCUT2D eigenvalue weighted by atomic mass is 10.1. The maximum Gasteiger partial charge on any atom is 0.293 e. The third-order valence-corrected chi connectivity index (χ3v) is 3.90. The van der Waals surface area contributed by atoms with Crippen molar-refractivity contribution in [2.45, 2.75) is 33.1 Å². The molecule has 3 aromatic rings. The summed E-state index contributed by atoms with van der Waals surface area (Å²) in [6, 6.07) is 9.64. The molecule has 0 spiro atoms. The molecule has 10 heteroatoms. The summed E-state index contributed by atoms with van der Waals surface area (Å²) in [5.74, 6) is -0.187. The number of hydrogen-bond donors (Lipinski definition) is 2. The van der Waals surface area contributed by atoms with Gasteiger partial charge in [0.1, 0.15) is 0 Å². The predicted molar refractivity (Wildman–Crippen MR) is 98.4 cm³/mol. The molecule has 1 aromatic carbocycles. The van der Waals surface area contributed by atoms with Crippen molar-refractivity contribution < 1.29 is 9.42 Å². The number of carbonyl (C=O) groups is 1. The van der Waals surface area contributed by atoms with Crippen molar-refractivity contribution in [1.82, 2.24) is 30.7 Å². The monoisotopic (exact) mass is 368 g/mol. The third-order valence-electron chi connectivity index (χ3n) is 3.90. The van der Waals surface area contributed by atoms with E-state index >= 15 is 0 Å². The lowest BCUT2D eigenvalue weighted by Gasteiger charge is -2.06. The van der Waals surface area contributed by atoms with Gasteiger partial charge in [-0.2, -0.15) is 9.78 Å². The molecule has 0 saturated carbocycles. The van der Waals surface area contributed by atoms with Crippen molar-refractivity contribution in [2.24, 2.45) is 5.10 Å². The van der Waals surface area contributed by atoms with E-state index in [-0.39, 0.29) is 17.3 Å². The fraction of sp³-hybridized carbons (Fsp3) is 0.294. The first kappa shape index (κ1) is 18.2. The molecule has 0 bridgehead atoms. The van der Waals surface area contributed by atoms with Crippen LogP contribution in [0.5, 0.6) is 0 Å². The summed E-state index contributed by atoms with van der Waals surface area (Å²) in [4.78, 5) is 12.6. The van der Waals surface area contributed by atoms with E-state index in [0.29, 0.717) is 18.5 Å². The van der Waals surface area contributed by atoms with Crippen LogP contribution in [0.15, 0.2) is 40.1 Å². The highest BCUT2D eigenvalue weighted by molar-refractivity contribution is 6.02. The van der Waals surface area contributed by atoms with E-state index in [2.05, 4.69) is 35.8 Å². The molecule has 10 nitrogen and oxygen atoms in total. The molecule has 140 valence electrons.